The summed E-state index contributed by atoms with van der Waals surface area (Å²) in [5, 5.41) is 0. The zero-order valence-electron chi connectivity index (χ0n) is 15.7. The van der Waals surface area contributed by atoms with E-state index in [1.165, 1.54) is 24.3 Å². The third-order valence-electron chi connectivity index (χ3n) is 3.93. The van der Waals surface area contributed by atoms with Crippen molar-refractivity contribution < 1.29 is 31.1 Å². The lowest BCUT2D eigenvalue weighted by Crippen LogP contribution is -2.28. The highest BCUT2D eigenvalue weighted by atomic mass is 32.2. The largest absolute Gasteiger partial charge is 0.465 e. The van der Waals surface area contributed by atoms with E-state index in [1.54, 1.807) is 20.8 Å². The van der Waals surface area contributed by atoms with Gasteiger partial charge in [-0.05, 0) is 63.2 Å². The molecule has 1 N–H and O–H groups in total. The fraction of sp³-hybridized carbons (Fsp3) is 0.278. The van der Waals surface area contributed by atoms with Crippen molar-refractivity contribution >= 4 is 38.4 Å². The molecule has 0 heterocycles. The summed E-state index contributed by atoms with van der Waals surface area (Å²) in [4.78, 5) is 12.0. The van der Waals surface area contributed by atoms with E-state index < -0.39 is 37.6 Å². The first-order chi connectivity index (χ1) is 12.9. The van der Waals surface area contributed by atoms with Gasteiger partial charge in [0, 0.05) is 0 Å². The Morgan fingerprint density at radius 2 is 1.71 bits per heavy atom. The summed E-state index contributed by atoms with van der Waals surface area (Å²) in [6.07, 6.45) is 0. The number of hydrogen-bond acceptors (Lipinski definition) is 5. The predicted molar refractivity (Wildman–Crippen MR) is 104 cm³/mol. The van der Waals surface area contributed by atoms with E-state index in [0.717, 1.165) is 29.6 Å². The third kappa shape index (κ3) is 4.23. The summed E-state index contributed by atoms with van der Waals surface area (Å²) in [6.45, 7) is 4.67. The van der Waals surface area contributed by atoms with Crippen LogP contribution in [0.2, 0.25) is 0 Å². The van der Waals surface area contributed by atoms with E-state index in [0.29, 0.717) is 0 Å². The number of methoxy groups -OCH3 is 1. The number of sulfone groups is 1. The van der Waals surface area contributed by atoms with Crippen molar-refractivity contribution in [1.29, 1.82) is 0 Å². The van der Waals surface area contributed by atoms with Gasteiger partial charge in [0.2, 0.25) is 0 Å². The maximum Gasteiger partial charge on any atom is 0.340 e. The number of hydrogen-bond donors (Lipinski definition) is 1. The summed E-state index contributed by atoms with van der Waals surface area (Å²) >= 11 is -2.68. The van der Waals surface area contributed by atoms with Crippen LogP contribution in [-0.4, -0.2) is 35.0 Å². The van der Waals surface area contributed by atoms with Crippen LogP contribution in [0, 0.1) is 5.82 Å². The van der Waals surface area contributed by atoms with Crippen molar-refractivity contribution in [1.82, 2.24) is 0 Å². The first kappa shape index (κ1) is 22.0. The zero-order valence-corrected chi connectivity index (χ0v) is 17.3. The first-order valence-electron chi connectivity index (χ1n) is 8.04. The molecule has 0 aliphatic carbocycles. The van der Waals surface area contributed by atoms with E-state index >= 15 is 0 Å². The number of halogens is 1. The monoisotopic (exact) mass is 429 g/mol. The van der Waals surface area contributed by atoms with E-state index in [2.05, 4.69) is 4.74 Å². The van der Waals surface area contributed by atoms with Gasteiger partial charge in [0.25, 0.3) is 11.3 Å². The summed E-state index contributed by atoms with van der Waals surface area (Å²) in [7, 11) is -2.50. The molecular weight excluding hydrogens is 409 g/mol. The Bertz CT molecular complexity index is 1010. The predicted octanol–water partition coefficient (Wildman–Crippen LogP) is 3.46. The molecule has 2 aromatic rings. The molecule has 0 radical (unpaired) electrons. The van der Waals surface area contributed by atoms with Gasteiger partial charge >= 0.3 is 5.97 Å². The molecule has 0 aromatic heterocycles. The van der Waals surface area contributed by atoms with E-state index in [4.69, 9.17) is 0 Å². The highest BCUT2D eigenvalue weighted by Crippen LogP contribution is 2.33. The molecule has 1 atom stereocenters. The average molecular weight is 429 g/mol. The highest BCUT2D eigenvalue weighted by Gasteiger charge is 2.31. The number of anilines is 2. The number of esters is 1. The van der Waals surface area contributed by atoms with Crippen LogP contribution in [0.4, 0.5) is 15.8 Å². The van der Waals surface area contributed by atoms with Crippen LogP contribution in [0.25, 0.3) is 0 Å². The second kappa shape index (κ2) is 7.98. The third-order valence-corrected chi connectivity index (χ3v) is 7.15. The molecule has 0 bridgehead atoms. The van der Waals surface area contributed by atoms with E-state index in [1.807, 2.05) is 0 Å². The fourth-order valence-corrected chi connectivity index (χ4v) is 4.21. The Balaban J connectivity index is 2.60. The van der Waals surface area contributed by atoms with Gasteiger partial charge in [-0.15, -0.1) is 0 Å². The van der Waals surface area contributed by atoms with E-state index in [-0.39, 0.29) is 21.8 Å². The van der Waals surface area contributed by atoms with Crippen molar-refractivity contribution in [2.75, 3.05) is 11.4 Å². The maximum atomic E-state index is 13.8. The van der Waals surface area contributed by atoms with Gasteiger partial charge in [0.1, 0.15) is 5.82 Å². The number of carbonyl (C=O) groups is 1. The first-order valence-corrected chi connectivity index (χ1v) is 10.6. The van der Waals surface area contributed by atoms with Gasteiger partial charge in [-0.1, -0.05) is 0 Å². The van der Waals surface area contributed by atoms with Crippen LogP contribution < -0.4 is 4.31 Å². The summed E-state index contributed by atoms with van der Waals surface area (Å²) in [6, 6.07) is 8.25. The molecule has 0 fully saturated rings. The highest BCUT2D eigenvalue weighted by molar-refractivity contribution is 7.92. The molecule has 0 saturated carbocycles. The normalized spacial score (nSPS) is 13.1. The Morgan fingerprint density at radius 3 is 2.18 bits per heavy atom. The minimum atomic E-state index is -3.63. The van der Waals surface area contributed by atoms with Gasteiger partial charge in [0.15, 0.2) is 9.84 Å². The molecular formula is C18H20FNO6S2. The number of benzene rings is 2. The molecule has 152 valence electrons. The minimum Gasteiger partial charge on any atom is -0.465 e. The van der Waals surface area contributed by atoms with Crippen LogP contribution >= 0.6 is 0 Å². The number of nitrogens with zero attached hydrogens (tertiary/aromatic N) is 1. The Morgan fingerprint density at radius 1 is 1.14 bits per heavy atom. The molecule has 28 heavy (non-hydrogen) atoms. The number of ether oxygens (including phenoxy) is 1. The smallest absolute Gasteiger partial charge is 0.340 e. The molecule has 0 amide bonds. The van der Waals surface area contributed by atoms with Crippen molar-refractivity contribution in [3.05, 3.63) is 53.8 Å². The Kier molecular flexibility index (Phi) is 6.27. The van der Waals surface area contributed by atoms with Crippen molar-refractivity contribution in [2.45, 2.75) is 30.4 Å². The van der Waals surface area contributed by atoms with Gasteiger partial charge in [-0.25, -0.2) is 26.1 Å². The van der Waals surface area contributed by atoms with Crippen LogP contribution in [-0.2, 0) is 25.8 Å². The summed E-state index contributed by atoms with van der Waals surface area (Å²) in [5.41, 5.74) is -0.235. The molecule has 0 saturated heterocycles. The van der Waals surface area contributed by atoms with E-state index in [9.17, 15) is 26.4 Å². The SMILES string of the molecule is COC(=O)c1ccc(F)cc1N(c1ccc(S(=O)(=O)C(C)(C)C)cc1)S(=O)O. The fourth-order valence-electron chi connectivity index (χ4n) is 2.38. The lowest BCUT2D eigenvalue weighted by molar-refractivity contribution is 0.0601. The molecule has 2 rings (SSSR count). The molecule has 0 aliphatic heterocycles. The Hall–Kier alpha value is -2.30. The average Bonchev–Trinajstić information content (AvgIpc) is 2.60. The molecule has 7 nitrogen and oxygen atoms in total. The van der Waals surface area contributed by atoms with Crippen molar-refractivity contribution in [2.24, 2.45) is 0 Å². The summed E-state index contributed by atoms with van der Waals surface area (Å²) < 4.78 is 64.9. The minimum absolute atomic E-state index is 0.0276. The van der Waals surface area contributed by atoms with Crippen molar-refractivity contribution in [3.63, 3.8) is 0 Å². The second-order valence-electron chi connectivity index (χ2n) is 6.79. The molecule has 2 aromatic carbocycles. The number of carbonyl (C=O) groups excluding carboxylic acids is 1. The van der Waals surface area contributed by atoms with Crippen LogP contribution in [0.15, 0.2) is 47.4 Å². The quantitative estimate of drug-likeness (QED) is 0.577. The number of rotatable bonds is 5. The molecule has 1 unspecified atom stereocenters. The molecule has 0 aliphatic rings. The van der Waals surface area contributed by atoms with Gasteiger partial charge in [-0.2, -0.15) is 0 Å². The topological polar surface area (TPSA) is 101 Å². The van der Waals surface area contributed by atoms with Crippen LogP contribution in [0.1, 0.15) is 31.1 Å². The van der Waals surface area contributed by atoms with Gasteiger partial charge < -0.3 is 4.74 Å². The summed E-state index contributed by atoms with van der Waals surface area (Å²) in [5.74, 6) is -1.55. The lowest BCUT2D eigenvalue weighted by atomic mass is 10.1. The van der Waals surface area contributed by atoms with Crippen LogP contribution in [0.5, 0.6) is 0 Å². The van der Waals surface area contributed by atoms with Crippen molar-refractivity contribution in [3.8, 4) is 0 Å². The zero-order chi connectivity index (χ0) is 21.3. The molecule has 0 spiro atoms. The van der Waals surface area contributed by atoms with Crippen LogP contribution in [0.3, 0.4) is 0 Å². The van der Waals surface area contributed by atoms with Gasteiger partial charge in [0.05, 0.1) is 33.7 Å². The Labute approximate surface area is 165 Å². The van der Waals surface area contributed by atoms with Gasteiger partial charge in [-0.3, -0.25) is 4.55 Å². The maximum absolute atomic E-state index is 13.8. The lowest BCUT2D eigenvalue weighted by Gasteiger charge is -2.23. The standard InChI is InChI=1S/C18H20FNO6S2/c1-18(2,3)28(24,25)14-8-6-13(7-9-14)20(27(22)23)16-11-12(19)5-10-15(16)17(21)26-4/h5-11H,1-4H3,(H,22,23). The second-order valence-corrected chi connectivity index (χ2v) is 10.3. The molecule has 10 heteroatoms.